The Morgan fingerprint density at radius 3 is 2.29 bits per heavy atom. The van der Waals surface area contributed by atoms with Crippen molar-refractivity contribution >= 4 is 0 Å². The molecular weight excluding hydrogens is 424 g/mol. The van der Waals surface area contributed by atoms with Crippen molar-refractivity contribution in [1.29, 1.82) is 0 Å². The summed E-state index contributed by atoms with van der Waals surface area (Å²) in [5, 5.41) is 21.9. The van der Waals surface area contributed by atoms with E-state index < -0.39 is 6.29 Å². The van der Waals surface area contributed by atoms with Crippen LogP contribution in [0.3, 0.4) is 0 Å². The second-order valence-corrected chi connectivity index (χ2v) is 14.9. The van der Waals surface area contributed by atoms with Crippen molar-refractivity contribution in [1.82, 2.24) is 0 Å². The van der Waals surface area contributed by atoms with Gasteiger partial charge in [-0.2, -0.15) is 0 Å². The lowest BCUT2D eigenvalue weighted by atomic mass is 9.41. The highest BCUT2D eigenvalue weighted by molar-refractivity contribution is 5.33. The molecule has 6 aliphatic rings. The maximum absolute atomic E-state index is 11.0. The molecule has 0 aromatic carbocycles. The highest BCUT2D eigenvalue weighted by atomic mass is 16.7. The van der Waals surface area contributed by atoms with Crippen LogP contribution in [0.4, 0.5) is 0 Å². The van der Waals surface area contributed by atoms with Crippen molar-refractivity contribution in [2.75, 3.05) is 0 Å². The molecule has 0 unspecified atom stereocenters. The van der Waals surface area contributed by atoms with Crippen molar-refractivity contribution in [2.24, 2.45) is 45.3 Å². The van der Waals surface area contributed by atoms with Gasteiger partial charge in [0.2, 0.25) is 0 Å². The first-order chi connectivity index (χ1) is 15.8. The van der Waals surface area contributed by atoms with E-state index >= 15 is 0 Å². The molecule has 192 valence electrons. The number of allylic oxidation sites excluding steroid dienone is 2. The summed E-state index contributed by atoms with van der Waals surface area (Å²) in [6.07, 6.45) is 11.0. The maximum Gasteiger partial charge on any atom is 0.158 e. The van der Waals surface area contributed by atoms with Gasteiger partial charge in [0.15, 0.2) is 6.29 Å². The van der Waals surface area contributed by atoms with E-state index in [-0.39, 0.29) is 51.5 Å². The van der Waals surface area contributed by atoms with E-state index in [1.807, 2.05) is 0 Å². The van der Waals surface area contributed by atoms with Gasteiger partial charge < -0.3 is 19.7 Å². The summed E-state index contributed by atoms with van der Waals surface area (Å²) in [5.74, 6) is 1.89. The van der Waals surface area contributed by atoms with Crippen LogP contribution in [-0.2, 0) is 9.47 Å². The third-order valence-corrected chi connectivity index (χ3v) is 13.0. The molecule has 0 aromatic heterocycles. The Bertz CT molecular complexity index is 892. The molecule has 34 heavy (non-hydrogen) atoms. The molecule has 0 bridgehead atoms. The normalized spacial score (nSPS) is 57.4. The molecular formula is C30H48O4. The highest BCUT2D eigenvalue weighted by Crippen LogP contribution is 2.73. The predicted molar refractivity (Wildman–Crippen MR) is 133 cm³/mol. The number of epoxide rings is 1. The fraction of sp³-hybridized carbons (Fsp3) is 0.933. The largest absolute Gasteiger partial charge is 0.393 e. The van der Waals surface area contributed by atoms with Crippen LogP contribution in [-0.4, -0.2) is 40.4 Å². The second kappa shape index (κ2) is 7.11. The lowest BCUT2D eigenvalue weighted by molar-refractivity contribution is -0.143. The minimum Gasteiger partial charge on any atom is -0.393 e. The van der Waals surface area contributed by atoms with E-state index in [2.05, 4.69) is 54.5 Å². The van der Waals surface area contributed by atoms with Gasteiger partial charge in [0.1, 0.15) is 6.10 Å². The molecule has 0 spiro atoms. The minimum absolute atomic E-state index is 0.0200. The molecule has 2 N–H and O–H groups in total. The number of hydrogen-bond donors (Lipinski definition) is 2. The summed E-state index contributed by atoms with van der Waals surface area (Å²) in [7, 11) is 0. The molecule has 11 atom stereocenters. The van der Waals surface area contributed by atoms with Gasteiger partial charge in [-0.15, -0.1) is 0 Å². The molecule has 2 heterocycles. The predicted octanol–water partition coefficient (Wildman–Crippen LogP) is 5.85. The average Bonchev–Trinajstić information content (AvgIpc) is 3.08. The smallest absolute Gasteiger partial charge is 0.158 e. The molecule has 4 heteroatoms. The lowest BCUT2D eigenvalue weighted by Crippen LogP contribution is -2.58. The lowest BCUT2D eigenvalue weighted by Gasteiger charge is -2.64. The van der Waals surface area contributed by atoms with Crippen molar-refractivity contribution < 1.29 is 19.7 Å². The van der Waals surface area contributed by atoms with E-state index in [1.165, 1.54) is 25.7 Å². The molecule has 0 aromatic rings. The SMILES string of the molecule is CC1(C)O[C@H]1[C@H]1C[C@@H]([C@@H]2CC[C@]3(C)C4=CC[C@H]5C(C)(C)[C@@H](O)CC[C@]5(C)[C@H]4CC[C@@]23C)[C@@H](O)O1. The molecule has 4 nitrogen and oxygen atoms in total. The zero-order chi connectivity index (χ0) is 24.5. The van der Waals surface area contributed by atoms with Gasteiger partial charge in [0, 0.05) is 5.92 Å². The van der Waals surface area contributed by atoms with Gasteiger partial charge >= 0.3 is 0 Å². The molecule has 4 aliphatic carbocycles. The third kappa shape index (κ3) is 2.92. The summed E-state index contributed by atoms with van der Waals surface area (Å²) < 4.78 is 12.0. The summed E-state index contributed by atoms with van der Waals surface area (Å²) in [6.45, 7) is 16.5. The summed E-state index contributed by atoms with van der Waals surface area (Å²) in [6, 6.07) is 0. The van der Waals surface area contributed by atoms with Gasteiger partial charge in [-0.05, 0) is 105 Å². The summed E-state index contributed by atoms with van der Waals surface area (Å²) in [4.78, 5) is 0. The quantitative estimate of drug-likeness (QED) is 0.391. The molecule has 0 amide bonds. The fourth-order valence-electron chi connectivity index (χ4n) is 10.5. The van der Waals surface area contributed by atoms with Crippen LogP contribution in [0.25, 0.3) is 0 Å². The molecule has 6 rings (SSSR count). The topological polar surface area (TPSA) is 62.2 Å². The van der Waals surface area contributed by atoms with Gasteiger partial charge in [0.05, 0.1) is 17.8 Å². The van der Waals surface area contributed by atoms with Gasteiger partial charge in [-0.25, -0.2) is 0 Å². The Labute approximate surface area is 206 Å². The second-order valence-electron chi connectivity index (χ2n) is 14.9. The van der Waals surface area contributed by atoms with Crippen molar-refractivity contribution in [3.8, 4) is 0 Å². The van der Waals surface area contributed by atoms with Crippen molar-refractivity contribution in [2.45, 2.75) is 130 Å². The number of hydrogen-bond acceptors (Lipinski definition) is 4. The van der Waals surface area contributed by atoms with Gasteiger partial charge in [0.25, 0.3) is 0 Å². The Balaban J connectivity index is 1.29. The Morgan fingerprint density at radius 1 is 0.912 bits per heavy atom. The number of ether oxygens (including phenoxy) is 2. The minimum atomic E-state index is -0.658. The molecule has 3 saturated carbocycles. The van der Waals surface area contributed by atoms with Crippen LogP contribution in [0.5, 0.6) is 0 Å². The monoisotopic (exact) mass is 472 g/mol. The van der Waals surface area contributed by atoms with Crippen LogP contribution < -0.4 is 0 Å². The summed E-state index contributed by atoms with van der Waals surface area (Å²) in [5.41, 5.74) is 2.28. The zero-order valence-corrected chi connectivity index (χ0v) is 22.6. The van der Waals surface area contributed by atoms with Crippen LogP contribution in [0, 0.1) is 45.3 Å². The third-order valence-electron chi connectivity index (χ3n) is 13.0. The van der Waals surface area contributed by atoms with E-state index in [1.54, 1.807) is 5.57 Å². The first-order valence-electron chi connectivity index (χ1n) is 14.2. The van der Waals surface area contributed by atoms with Gasteiger partial charge in [-0.3, -0.25) is 0 Å². The summed E-state index contributed by atoms with van der Waals surface area (Å²) >= 11 is 0. The maximum atomic E-state index is 11.0. The van der Waals surface area contributed by atoms with Crippen molar-refractivity contribution in [3.63, 3.8) is 0 Å². The first kappa shape index (κ1) is 23.9. The number of aliphatic hydroxyl groups is 2. The molecule has 2 aliphatic heterocycles. The number of rotatable bonds is 2. The van der Waals surface area contributed by atoms with Crippen LogP contribution in [0.1, 0.15) is 99.8 Å². The molecule has 5 fully saturated rings. The zero-order valence-electron chi connectivity index (χ0n) is 22.6. The Kier molecular flexibility index (Phi) is 5.01. The Hall–Kier alpha value is -0.420. The van der Waals surface area contributed by atoms with Crippen molar-refractivity contribution in [3.05, 3.63) is 11.6 Å². The van der Waals surface area contributed by atoms with Gasteiger partial charge in [-0.1, -0.05) is 46.3 Å². The standard InChI is InChI=1S/C30H48O4/c1-26(2)22-9-8-20-19(28(22,5)13-12-23(26)31)11-15-29(6)18(10-14-30(20,29)7)17-16-21(33-25(17)32)24-27(3,4)34-24/h8,17-19,21-25,31-32H,9-16H2,1-7H3/t17-,18-,19-,21+,22-,23-,24-,25-,28+,29-,30+/m0/s1. The van der Waals surface area contributed by atoms with E-state index in [9.17, 15) is 10.2 Å². The van der Waals surface area contributed by atoms with Crippen LogP contribution in [0.2, 0.25) is 0 Å². The van der Waals surface area contributed by atoms with E-state index in [4.69, 9.17) is 9.47 Å². The molecule has 0 radical (unpaired) electrons. The fourth-order valence-corrected chi connectivity index (χ4v) is 10.5. The number of fused-ring (bicyclic) bond motifs is 5. The van der Waals surface area contributed by atoms with Crippen LogP contribution in [0.15, 0.2) is 11.6 Å². The first-order valence-corrected chi connectivity index (χ1v) is 14.2. The Morgan fingerprint density at radius 2 is 1.62 bits per heavy atom. The average molecular weight is 473 g/mol. The van der Waals surface area contributed by atoms with Crippen LogP contribution >= 0.6 is 0 Å². The van der Waals surface area contributed by atoms with E-state index in [0.717, 1.165) is 25.7 Å². The number of aliphatic hydroxyl groups excluding tert-OH is 2. The highest BCUT2D eigenvalue weighted by Gasteiger charge is 2.67. The van der Waals surface area contributed by atoms with E-state index in [0.29, 0.717) is 17.8 Å². The molecule has 2 saturated heterocycles.